The number of hydrogen-bond donors (Lipinski definition) is 0. The highest BCUT2D eigenvalue weighted by Gasteiger charge is 2.72. The van der Waals surface area contributed by atoms with Gasteiger partial charge in [0.2, 0.25) is 11.6 Å². The number of methoxy groups -OCH3 is 2. The van der Waals surface area contributed by atoms with E-state index in [0.29, 0.717) is 17.1 Å². The Hall–Kier alpha value is -3.75. The maximum atomic E-state index is 13.3. The largest absolute Gasteiger partial charge is 0.493 e. The molecule has 0 amide bonds. The maximum absolute atomic E-state index is 13.3. The van der Waals surface area contributed by atoms with Crippen molar-refractivity contribution in [1.29, 1.82) is 0 Å². The molecule has 160 valence electrons. The van der Waals surface area contributed by atoms with Crippen LogP contribution in [-0.2, 0) is 9.53 Å². The first-order valence-electron chi connectivity index (χ1n) is 9.54. The first kappa shape index (κ1) is 20.5. The van der Waals surface area contributed by atoms with Gasteiger partial charge in [-0.05, 0) is 17.7 Å². The summed E-state index contributed by atoms with van der Waals surface area (Å²) in [7, 11) is 2.85. The molecule has 1 fully saturated rings. The van der Waals surface area contributed by atoms with Crippen molar-refractivity contribution in [1.82, 2.24) is 0 Å². The SMILES string of the molecule is COc1ccc([C@H]2[C@H]([N+](=O)[O-])C3(OC(=O)[C@@H]2C)C(=O)c2ccccc2C3=O)cc1OC. The highest BCUT2D eigenvalue weighted by molar-refractivity contribution is 6.33. The van der Waals surface area contributed by atoms with Crippen molar-refractivity contribution >= 4 is 17.5 Å². The zero-order valence-electron chi connectivity index (χ0n) is 17.0. The Bertz CT molecular complexity index is 1090. The van der Waals surface area contributed by atoms with Gasteiger partial charge >= 0.3 is 11.6 Å². The van der Waals surface area contributed by atoms with Gasteiger partial charge in [0.25, 0.3) is 6.04 Å². The topological polar surface area (TPSA) is 122 Å². The third-order valence-electron chi connectivity index (χ3n) is 6.04. The molecule has 0 aromatic heterocycles. The normalized spacial score (nSPS) is 24.0. The number of Topliss-reactive ketones (excluding diaryl/α,β-unsaturated/α-hetero) is 2. The van der Waals surface area contributed by atoms with E-state index in [9.17, 15) is 24.5 Å². The Kier molecular flexibility index (Phi) is 4.76. The van der Waals surface area contributed by atoms with Gasteiger partial charge in [0.05, 0.1) is 26.1 Å². The second kappa shape index (κ2) is 7.19. The van der Waals surface area contributed by atoms with Crippen LogP contribution in [-0.4, -0.2) is 48.3 Å². The Labute approximate surface area is 177 Å². The molecule has 9 nitrogen and oxygen atoms in total. The van der Waals surface area contributed by atoms with Crippen LogP contribution in [0.4, 0.5) is 0 Å². The number of hydrogen-bond acceptors (Lipinski definition) is 8. The van der Waals surface area contributed by atoms with Crippen molar-refractivity contribution in [2.24, 2.45) is 5.92 Å². The van der Waals surface area contributed by atoms with Crippen LogP contribution in [0.5, 0.6) is 11.5 Å². The monoisotopic (exact) mass is 425 g/mol. The molecule has 1 saturated heterocycles. The number of nitrogens with zero attached hydrogens (tertiary/aromatic N) is 1. The number of carbonyl (C=O) groups is 3. The van der Waals surface area contributed by atoms with Crippen LogP contribution in [0.3, 0.4) is 0 Å². The molecule has 0 saturated carbocycles. The van der Waals surface area contributed by atoms with E-state index in [1.54, 1.807) is 24.3 Å². The van der Waals surface area contributed by atoms with E-state index in [2.05, 4.69) is 0 Å². The summed E-state index contributed by atoms with van der Waals surface area (Å²) in [5.41, 5.74) is -2.17. The van der Waals surface area contributed by atoms with Gasteiger partial charge in [-0.2, -0.15) is 0 Å². The van der Waals surface area contributed by atoms with E-state index in [1.807, 2.05) is 0 Å². The first-order chi connectivity index (χ1) is 14.8. The van der Waals surface area contributed by atoms with E-state index < -0.39 is 45.9 Å². The fraction of sp³-hybridized carbons (Fsp3) is 0.318. The number of fused-ring (bicyclic) bond motifs is 1. The van der Waals surface area contributed by atoms with Crippen LogP contribution < -0.4 is 9.47 Å². The summed E-state index contributed by atoms with van der Waals surface area (Å²) in [5, 5.41) is 12.3. The van der Waals surface area contributed by atoms with Gasteiger partial charge < -0.3 is 14.2 Å². The highest BCUT2D eigenvalue weighted by atomic mass is 16.6. The van der Waals surface area contributed by atoms with Gasteiger partial charge in [0.1, 0.15) is 0 Å². The molecule has 31 heavy (non-hydrogen) atoms. The average Bonchev–Trinajstić information content (AvgIpc) is 2.97. The predicted octanol–water partition coefficient (Wildman–Crippen LogP) is 2.44. The van der Waals surface area contributed by atoms with E-state index in [4.69, 9.17) is 14.2 Å². The number of esters is 1. The van der Waals surface area contributed by atoms with E-state index in [-0.39, 0.29) is 11.1 Å². The lowest BCUT2D eigenvalue weighted by Crippen LogP contribution is -2.65. The van der Waals surface area contributed by atoms with Gasteiger partial charge in [0, 0.05) is 16.1 Å². The second-order valence-corrected chi connectivity index (χ2v) is 7.52. The molecular formula is C22H19NO8. The third-order valence-corrected chi connectivity index (χ3v) is 6.04. The predicted molar refractivity (Wildman–Crippen MR) is 106 cm³/mol. The molecule has 2 aromatic carbocycles. The smallest absolute Gasteiger partial charge is 0.311 e. The molecular weight excluding hydrogens is 406 g/mol. The molecule has 1 aliphatic carbocycles. The quantitative estimate of drug-likeness (QED) is 0.317. The summed E-state index contributed by atoms with van der Waals surface area (Å²) in [6, 6.07) is 8.70. The van der Waals surface area contributed by atoms with Crippen molar-refractivity contribution in [2.75, 3.05) is 14.2 Å². The molecule has 2 aliphatic rings. The fourth-order valence-corrected chi connectivity index (χ4v) is 4.54. The van der Waals surface area contributed by atoms with E-state index in [0.717, 1.165) is 0 Å². The highest BCUT2D eigenvalue weighted by Crippen LogP contribution is 2.49. The minimum atomic E-state index is -2.55. The number of ketones is 2. The van der Waals surface area contributed by atoms with Gasteiger partial charge in [-0.1, -0.05) is 37.3 Å². The summed E-state index contributed by atoms with van der Waals surface area (Å²) in [6.07, 6.45) is 0. The number of carbonyl (C=O) groups excluding carboxylic acids is 3. The molecule has 0 bridgehead atoms. The summed E-state index contributed by atoms with van der Waals surface area (Å²) >= 11 is 0. The van der Waals surface area contributed by atoms with Crippen molar-refractivity contribution in [3.8, 4) is 11.5 Å². The first-order valence-corrected chi connectivity index (χ1v) is 9.54. The summed E-state index contributed by atoms with van der Waals surface area (Å²) < 4.78 is 15.8. The molecule has 4 rings (SSSR count). The van der Waals surface area contributed by atoms with Crippen molar-refractivity contribution < 1.29 is 33.5 Å². The third kappa shape index (κ3) is 2.73. The fourth-order valence-electron chi connectivity index (χ4n) is 4.54. The zero-order chi connectivity index (χ0) is 22.5. The number of rotatable bonds is 4. The van der Waals surface area contributed by atoms with Crippen LogP contribution in [0.2, 0.25) is 0 Å². The minimum absolute atomic E-state index is 0.00719. The van der Waals surface area contributed by atoms with Gasteiger partial charge in [0.15, 0.2) is 11.5 Å². The Morgan fingerprint density at radius 3 is 2.06 bits per heavy atom. The second-order valence-electron chi connectivity index (χ2n) is 7.52. The zero-order valence-corrected chi connectivity index (χ0v) is 17.0. The molecule has 0 unspecified atom stereocenters. The van der Waals surface area contributed by atoms with Crippen LogP contribution in [0, 0.1) is 16.0 Å². The van der Waals surface area contributed by atoms with Gasteiger partial charge in [-0.15, -0.1) is 0 Å². The Morgan fingerprint density at radius 2 is 1.55 bits per heavy atom. The van der Waals surface area contributed by atoms with Crippen molar-refractivity contribution in [2.45, 2.75) is 24.5 Å². The lowest BCUT2D eigenvalue weighted by Gasteiger charge is -2.40. The molecule has 1 heterocycles. The standard InChI is InChI=1S/C22H19NO8/c1-11-17(12-8-9-15(29-2)16(10-12)30-3)18(23(27)28)22(31-21(11)26)19(24)13-6-4-5-7-14(13)20(22)25/h4-11,17-18H,1-3H3/t11-,17+,18+/m1/s1. The minimum Gasteiger partial charge on any atom is -0.493 e. The Balaban J connectivity index is 1.93. The molecule has 0 N–H and O–H groups in total. The summed E-state index contributed by atoms with van der Waals surface area (Å²) in [4.78, 5) is 51.1. The lowest BCUT2D eigenvalue weighted by molar-refractivity contribution is -0.544. The van der Waals surface area contributed by atoms with E-state index in [1.165, 1.54) is 39.3 Å². The molecule has 2 aromatic rings. The summed E-state index contributed by atoms with van der Waals surface area (Å²) in [6.45, 7) is 1.48. The molecule has 0 radical (unpaired) electrons. The lowest BCUT2D eigenvalue weighted by atomic mass is 9.70. The van der Waals surface area contributed by atoms with Crippen LogP contribution >= 0.6 is 0 Å². The number of benzene rings is 2. The molecule has 1 spiro atoms. The average molecular weight is 425 g/mol. The molecule has 9 heteroatoms. The number of ether oxygens (including phenoxy) is 3. The molecule has 1 aliphatic heterocycles. The van der Waals surface area contributed by atoms with Crippen LogP contribution in [0.1, 0.15) is 39.1 Å². The number of nitro groups is 1. The van der Waals surface area contributed by atoms with Crippen molar-refractivity contribution in [3.63, 3.8) is 0 Å². The van der Waals surface area contributed by atoms with Gasteiger partial charge in [-0.3, -0.25) is 24.5 Å². The van der Waals surface area contributed by atoms with Crippen molar-refractivity contribution in [3.05, 3.63) is 69.3 Å². The van der Waals surface area contributed by atoms with E-state index >= 15 is 0 Å². The van der Waals surface area contributed by atoms with Crippen LogP contribution in [0.25, 0.3) is 0 Å². The van der Waals surface area contributed by atoms with Gasteiger partial charge in [-0.25, -0.2) is 0 Å². The molecule has 3 atom stereocenters. The van der Waals surface area contributed by atoms with Crippen LogP contribution in [0.15, 0.2) is 42.5 Å². The maximum Gasteiger partial charge on any atom is 0.311 e. The Morgan fingerprint density at radius 1 is 0.968 bits per heavy atom. The summed E-state index contributed by atoms with van der Waals surface area (Å²) in [5.74, 6) is -4.00.